The van der Waals surface area contributed by atoms with Crippen molar-refractivity contribution in [1.82, 2.24) is 0 Å². The first-order chi connectivity index (χ1) is 14.1. The van der Waals surface area contributed by atoms with Gasteiger partial charge in [0.15, 0.2) is 0 Å². The fourth-order valence-corrected chi connectivity index (χ4v) is 8.85. The Morgan fingerprint density at radius 1 is 0.828 bits per heavy atom. The second kappa shape index (κ2) is 6.76. The second-order valence-electron chi connectivity index (χ2n) is 11.8. The van der Waals surface area contributed by atoms with Crippen LogP contribution < -0.4 is 4.74 Å². The van der Waals surface area contributed by atoms with Crippen molar-refractivity contribution < 1.29 is 4.74 Å². The normalized spacial score (nSPS) is 42.1. The minimum Gasteiger partial charge on any atom is -0.490 e. The zero-order valence-electron chi connectivity index (χ0n) is 18.7. The Hall–Kier alpha value is -0.980. The number of fused-ring (bicyclic) bond motifs is 5. The molecule has 4 saturated carbocycles. The molecular weight excluding hydrogens is 352 g/mol. The maximum Gasteiger partial charge on any atom is 0.120 e. The van der Waals surface area contributed by atoms with Crippen LogP contribution in [0.4, 0.5) is 0 Å². The van der Waals surface area contributed by atoms with Gasteiger partial charge < -0.3 is 4.74 Å². The molecule has 1 heteroatoms. The molecule has 0 spiro atoms. The van der Waals surface area contributed by atoms with Crippen LogP contribution in [0.1, 0.15) is 108 Å². The van der Waals surface area contributed by atoms with Crippen LogP contribution in [0.2, 0.25) is 0 Å². The minimum atomic E-state index is 0.474. The summed E-state index contributed by atoms with van der Waals surface area (Å²) in [4.78, 5) is 0. The van der Waals surface area contributed by atoms with Crippen molar-refractivity contribution >= 4 is 0 Å². The summed E-state index contributed by atoms with van der Waals surface area (Å²) in [6.07, 6.45) is 18.8. The summed E-state index contributed by atoms with van der Waals surface area (Å²) >= 11 is 0. The second-order valence-corrected chi connectivity index (χ2v) is 11.8. The fraction of sp³-hybridized carbons (Fsp3) is 0.786. The van der Waals surface area contributed by atoms with Gasteiger partial charge in [-0.25, -0.2) is 0 Å². The van der Waals surface area contributed by atoms with E-state index in [4.69, 9.17) is 4.74 Å². The zero-order valence-corrected chi connectivity index (χ0v) is 18.7. The molecular formula is C28H40O. The van der Waals surface area contributed by atoms with Crippen LogP contribution in [0.15, 0.2) is 18.2 Å². The van der Waals surface area contributed by atoms with E-state index in [-0.39, 0.29) is 0 Å². The van der Waals surface area contributed by atoms with E-state index in [0.29, 0.717) is 16.9 Å². The van der Waals surface area contributed by atoms with Crippen LogP contribution in [0.5, 0.6) is 5.75 Å². The first-order valence-corrected chi connectivity index (χ1v) is 12.9. The molecule has 0 amide bonds. The highest BCUT2D eigenvalue weighted by Gasteiger charge is 2.62. The quantitative estimate of drug-likeness (QED) is 0.513. The number of aryl methyl sites for hydroxylation is 1. The predicted octanol–water partition coefficient (Wildman–Crippen LogP) is 7.67. The van der Waals surface area contributed by atoms with Gasteiger partial charge in [0.25, 0.3) is 0 Å². The van der Waals surface area contributed by atoms with Crippen molar-refractivity contribution in [1.29, 1.82) is 0 Å². The summed E-state index contributed by atoms with van der Waals surface area (Å²) in [7, 11) is 0. The molecule has 0 N–H and O–H groups in total. The SMILES string of the molecule is C[C@]12CC[C@@H]3c4ccc(OC5CCCC5)cc4CC[C@H]3[C@@H]1CC[C@]2(C)C1CCC1. The Morgan fingerprint density at radius 2 is 1.62 bits per heavy atom. The molecule has 0 aliphatic heterocycles. The lowest BCUT2D eigenvalue weighted by Crippen LogP contribution is -2.50. The third-order valence-corrected chi connectivity index (χ3v) is 11.0. The number of benzene rings is 1. The highest BCUT2D eigenvalue weighted by Crippen LogP contribution is 2.71. The highest BCUT2D eigenvalue weighted by atomic mass is 16.5. The monoisotopic (exact) mass is 392 g/mol. The van der Waals surface area contributed by atoms with E-state index in [9.17, 15) is 0 Å². The van der Waals surface area contributed by atoms with Gasteiger partial charge in [-0.15, -0.1) is 0 Å². The maximum absolute atomic E-state index is 6.34. The van der Waals surface area contributed by atoms with Gasteiger partial charge in [-0.05, 0) is 135 Å². The third kappa shape index (κ3) is 2.71. The molecule has 0 saturated heterocycles. The van der Waals surface area contributed by atoms with E-state index in [2.05, 4.69) is 32.0 Å². The summed E-state index contributed by atoms with van der Waals surface area (Å²) in [5.74, 6) is 4.90. The van der Waals surface area contributed by atoms with E-state index >= 15 is 0 Å². The molecule has 1 aromatic carbocycles. The smallest absolute Gasteiger partial charge is 0.120 e. The Kier molecular flexibility index (Phi) is 4.37. The first-order valence-electron chi connectivity index (χ1n) is 12.9. The average Bonchev–Trinajstić information content (AvgIpc) is 3.26. The molecule has 5 aliphatic carbocycles. The van der Waals surface area contributed by atoms with E-state index in [1.165, 1.54) is 83.5 Å². The van der Waals surface area contributed by atoms with Crippen LogP contribution in [0.3, 0.4) is 0 Å². The lowest BCUT2D eigenvalue weighted by Gasteiger charge is -2.58. The molecule has 158 valence electrons. The first kappa shape index (κ1) is 18.8. The topological polar surface area (TPSA) is 9.23 Å². The fourth-order valence-electron chi connectivity index (χ4n) is 8.85. The molecule has 6 rings (SSSR count). The van der Waals surface area contributed by atoms with Crippen LogP contribution in [-0.2, 0) is 6.42 Å². The van der Waals surface area contributed by atoms with Gasteiger partial charge in [-0.2, -0.15) is 0 Å². The predicted molar refractivity (Wildman–Crippen MR) is 119 cm³/mol. The van der Waals surface area contributed by atoms with E-state index in [0.717, 1.165) is 29.4 Å². The molecule has 0 heterocycles. The van der Waals surface area contributed by atoms with Gasteiger partial charge in [0.05, 0.1) is 6.10 Å². The summed E-state index contributed by atoms with van der Waals surface area (Å²) in [6.45, 7) is 5.41. The van der Waals surface area contributed by atoms with E-state index < -0.39 is 0 Å². The molecule has 29 heavy (non-hydrogen) atoms. The molecule has 0 unspecified atom stereocenters. The largest absolute Gasteiger partial charge is 0.490 e. The lowest BCUT2D eigenvalue weighted by atomic mass is 9.47. The molecule has 1 nitrogen and oxygen atoms in total. The Morgan fingerprint density at radius 3 is 2.38 bits per heavy atom. The Bertz CT molecular complexity index is 773. The Labute approximate surface area is 178 Å². The van der Waals surface area contributed by atoms with Crippen molar-refractivity contribution in [3.8, 4) is 5.75 Å². The minimum absolute atomic E-state index is 0.474. The number of hydrogen-bond acceptors (Lipinski definition) is 1. The van der Waals surface area contributed by atoms with Gasteiger partial charge in [-0.3, -0.25) is 0 Å². The van der Waals surface area contributed by atoms with Gasteiger partial charge in [-0.1, -0.05) is 26.3 Å². The van der Waals surface area contributed by atoms with Gasteiger partial charge in [0.2, 0.25) is 0 Å². The van der Waals surface area contributed by atoms with Crippen molar-refractivity contribution in [3.63, 3.8) is 0 Å². The van der Waals surface area contributed by atoms with Crippen LogP contribution in [0, 0.1) is 28.6 Å². The van der Waals surface area contributed by atoms with Crippen LogP contribution >= 0.6 is 0 Å². The average molecular weight is 393 g/mol. The number of ether oxygens (including phenoxy) is 1. The number of hydrogen-bond donors (Lipinski definition) is 0. The van der Waals surface area contributed by atoms with Crippen LogP contribution in [-0.4, -0.2) is 6.10 Å². The molecule has 0 aromatic heterocycles. The van der Waals surface area contributed by atoms with Gasteiger partial charge >= 0.3 is 0 Å². The van der Waals surface area contributed by atoms with Crippen molar-refractivity contribution in [2.75, 3.05) is 0 Å². The summed E-state index contributed by atoms with van der Waals surface area (Å²) in [5.41, 5.74) is 4.53. The Balaban J connectivity index is 1.24. The van der Waals surface area contributed by atoms with Gasteiger partial charge in [0, 0.05) is 0 Å². The van der Waals surface area contributed by atoms with Crippen LogP contribution in [0.25, 0.3) is 0 Å². The lowest BCUT2D eigenvalue weighted by molar-refractivity contribution is -0.0700. The summed E-state index contributed by atoms with van der Waals surface area (Å²) in [6, 6.07) is 7.20. The molecule has 0 bridgehead atoms. The highest BCUT2D eigenvalue weighted by molar-refractivity contribution is 5.41. The maximum atomic E-state index is 6.34. The summed E-state index contributed by atoms with van der Waals surface area (Å²) in [5, 5.41) is 0. The van der Waals surface area contributed by atoms with Crippen molar-refractivity contribution in [2.45, 2.75) is 109 Å². The molecule has 1 aromatic rings. The molecule has 5 atom stereocenters. The van der Waals surface area contributed by atoms with E-state index in [1.807, 2.05) is 0 Å². The van der Waals surface area contributed by atoms with Gasteiger partial charge in [0.1, 0.15) is 5.75 Å². The van der Waals surface area contributed by atoms with Crippen molar-refractivity contribution in [2.24, 2.45) is 28.6 Å². The molecule has 5 aliphatic rings. The zero-order chi connectivity index (χ0) is 19.6. The molecule has 0 radical (unpaired) electrons. The third-order valence-electron chi connectivity index (χ3n) is 11.0. The summed E-state index contributed by atoms with van der Waals surface area (Å²) < 4.78 is 6.34. The number of rotatable bonds is 3. The standard InChI is InChI=1S/C28H40O/c1-27(20-6-5-7-20)17-15-26-25-12-10-19-18-22(29-21-8-3-4-9-21)11-13-23(19)24(25)14-16-28(26,27)2/h11,13,18,20-21,24-26H,3-10,12,14-17H2,1-2H3/t24-,25-,26+,27-,28+/m1/s1. The van der Waals surface area contributed by atoms with E-state index in [1.54, 1.807) is 11.1 Å². The van der Waals surface area contributed by atoms with Crippen molar-refractivity contribution in [3.05, 3.63) is 29.3 Å². The molecule has 4 fully saturated rings.